The van der Waals surface area contributed by atoms with Gasteiger partial charge in [-0.25, -0.2) is 8.42 Å². The molecule has 0 saturated heterocycles. The topological polar surface area (TPSA) is 34.1 Å². The van der Waals surface area contributed by atoms with Gasteiger partial charge in [-0.05, 0) is 36.1 Å². The molecule has 0 unspecified atom stereocenters. The lowest BCUT2D eigenvalue weighted by atomic mass is 10.4. The van der Waals surface area contributed by atoms with E-state index >= 15 is 0 Å². The Morgan fingerprint density at radius 3 is 2.17 bits per heavy atom. The minimum absolute atomic E-state index is 0.0374. The van der Waals surface area contributed by atoms with Crippen LogP contribution in [0.5, 0.6) is 0 Å². The third-order valence-electron chi connectivity index (χ3n) is 1.21. The summed E-state index contributed by atoms with van der Waals surface area (Å²) in [6.45, 7) is -0.0374. The maximum absolute atomic E-state index is 11.2. The van der Waals surface area contributed by atoms with E-state index in [-0.39, 0.29) is 11.5 Å². The standard InChI is InChI=1S/C6H4BrO2PS2/c7-5-1-3-6(4-2-5)12(8,9)10-11/h1-4H. The summed E-state index contributed by atoms with van der Waals surface area (Å²) in [6, 6.07) is 6.40. The van der Waals surface area contributed by atoms with E-state index in [2.05, 4.69) is 27.7 Å². The second-order valence-corrected chi connectivity index (χ2v) is 7.72. The molecule has 0 bridgehead atoms. The van der Waals surface area contributed by atoms with Gasteiger partial charge in [-0.2, -0.15) is 0 Å². The van der Waals surface area contributed by atoms with Crippen LogP contribution >= 0.6 is 22.5 Å². The molecule has 64 valence electrons. The van der Waals surface area contributed by atoms with Gasteiger partial charge in [0.05, 0.1) is 4.90 Å². The third kappa shape index (κ3) is 2.33. The number of rotatable bonds is 2. The van der Waals surface area contributed by atoms with Crippen LogP contribution in [0.3, 0.4) is 0 Å². The molecule has 0 saturated carbocycles. The summed E-state index contributed by atoms with van der Waals surface area (Å²) < 4.78 is 23.2. The summed E-state index contributed by atoms with van der Waals surface area (Å²) in [5.74, 6) is 0. The molecule has 0 fully saturated rings. The quantitative estimate of drug-likeness (QED) is 0.782. The molecule has 0 amide bonds. The second kappa shape index (κ2) is 3.92. The smallest absolute Gasteiger partial charge is 0.214 e. The number of halogens is 1. The molecule has 1 aromatic rings. The lowest BCUT2D eigenvalue weighted by Gasteiger charge is -1.95. The molecule has 0 aliphatic carbocycles. The highest BCUT2D eigenvalue weighted by molar-refractivity contribution is 9.10. The zero-order valence-corrected chi connectivity index (χ0v) is 9.88. The molecule has 0 radical (unpaired) electrons. The highest BCUT2D eigenvalue weighted by Gasteiger charge is 2.09. The van der Waals surface area contributed by atoms with Crippen molar-refractivity contribution in [1.29, 1.82) is 0 Å². The normalized spacial score (nSPS) is 11.8. The van der Waals surface area contributed by atoms with Crippen molar-refractivity contribution in [2.24, 2.45) is 0 Å². The fourth-order valence-electron chi connectivity index (χ4n) is 0.650. The Morgan fingerprint density at radius 1 is 1.25 bits per heavy atom. The summed E-state index contributed by atoms with van der Waals surface area (Å²) in [6.07, 6.45) is 0. The van der Waals surface area contributed by atoms with E-state index in [4.69, 9.17) is 0 Å². The summed E-state index contributed by atoms with van der Waals surface area (Å²) in [4.78, 5) is 0.266. The van der Waals surface area contributed by atoms with E-state index < -0.39 is 9.46 Å². The van der Waals surface area contributed by atoms with Crippen LogP contribution in [0, 0.1) is 0 Å². The lowest BCUT2D eigenvalue weighted by Crippen LogP contribution is -1.88. The van der Waals surface area contributed by atoms with Gasteiger partial charge in [0.15, 0.2) is 0 Å². The van der Waals surface area contributed by atoms with E-state index in [0.29, 0.717) is 0 Å². The molecule has 12 heavy (non-hydrogen) atoms. The van der Waals surface area contributed by atoms with Gasteiger partial charge in [0.2, 0.25) is 9.46 Å². The molecule has 0 heterocycles. The van der Waals surface area contributed by atoms with Gasteiger partial charge < -0.3 is 0 Å². The fraction of sp³-hybridized carbons (Fsp3) is 0. The molecule has 1 rings (SSSR count). The first-order chi connectivity index (χ1) is 5.56. The maximum Gasteiger partial charge on any atom is 0.231 e. The van der Waals surface area contributed by atoms with Crippen molar-refractivity contribution in [1.82, 2.24) is 0 Å². The minimum atomic E-state index is -3.25. The Morgan fingerprint density at radius 2 is 1.75 bits per heavy atom. The van der Waals surface area contributed by atoms with Gasteiger partial charge in [-0.3, -0.25) is 0 Å². The number of hydrogen-bond acceptors (Lipinski definition) is 3. The summed E-state index contributed by atoms with van der Waals surface area (Å²) in [5, 5.41) is 0. The molecule has 0 N–H and O–H groups in total. The van der Waals surface area contributed by atoms with Crippen LogP contribution in [0.15, 0.2) is 33.6 Å². The van der Waals surface area contributed by atoms with Gasteiger partial charge in [-0.1, -0.05) is 15.9 Å². The highest BCUT2D eigenvalue weighted by Crippen LogP contribution is 2.22. The Balaban J connectivity index is 3.23. The fourth-order valence-corrected chi connectivity index (χ4v) is 2.88. The van der Waals surface area contributed by atoms with Crippen molar-refractivity contribution in [3.63, 3.8) is 0 Å². The molecule has 2 nitrogen and oxygen atoms in total. The van der Waals surface area contributed by atoms with Crippen molar-refractivity contribution in [3.8, 4) is 0 Å². The van der Waals surface area contributed by atoms with Crippen LogP contribution in [-0.4, -0.2) is 8.42 Å². The monoisotopic (exact) mass is 282 g/mol. The van der Waals surface area contributed by atoms with E-state index in [0.717, 1.165) is 4.47 Å². The van der Waals surface area contributed by atoms with Crippen LogP contribution in [0.2, 0.25) is 0 Å². The highest BCUT2D eigenvalue weighted by atomic mass is 79.9. The van der Waals surface area contributed by atoms with Crippen molar-refractivity contribution < 1.29 is 8.42 Å². The number of hydrogen-bond donors (Lipinski definition) is 0. The van der Waals surface area contributed by atoms with Crippen molar-refractivity contribution in [2.45, 2.75) is 4.90 Å². The molecule has 0 aliphatic rings. The molecule has 0 spiro atoms. The van der Waals surface area contributed by atoms with E-state index in [1.165, 1.54) is 12.1 Å². The Labute approximate surface area is 85.6 Å². The Bertz CT molecular complexity index is 385. The zero-order chi connectivity index (χ0) is 9.19. The molecule has 0 atom stereocenters. The summed E-state index contributed by atoms with van der Waals surface area (Å²) in [5.41, 5.74) is 0. The Kier molecular flexibility index (Phi) is 3.35. The van der Waals surface area contributed by atoms with Crippen molar-refractivity contribution in [3.05, 3.63) is 28.7 Å². The number of benzene rings is 1. The van der Waals surface area contributed by atoms with Gasteiger partial charge in [0, 0.05) is 4.47 Å². The Hall–Kier alpha value is 0.170. The molecule has 0 aliphatic heterocycles. The first-order valence-corrected chi connectivity index (χ1v) is 7.70. The largest absolute Gasteiger partial charge is 0.231 e. The predicted octanol–water partition coefficient (Wildman–Crippen LogP) is 2.55. The van der Waals surface area contributed by atoms with Gasteiger partial charge in [0.25, 0.3) is 0 Å². The maximum atomic E-state index is 11.2. The average molecular weight is 283 g/mol. The van der Waals surface area contributed by atoms with E-state index in [9.17, 15) is 8.42 Å². The molecular weight excluding hydrogens is 279 g/mol. The molecule has 6 heteroatoms. The average Bonchev–Trinajstić information content (AvgIpc) is 2.05. The predicted molar refractivity (Wildman–Crippen MR) is 55.6 cm³/mol. The first kappa shape index (κ1) is 10.3. The molecular formula is C6H4BrO2PS2. The van der Waals surface area contributed by atoms with Crippen LogP contribution < -0.4 is 0 Å². The zero-order valence-electron chi connectivity index (χ0n) is 5.77. The van der Waals surface area contributed by atoms with E-state index in [1.54, 1.807) is 12.1 Å². The van der Waals surface area contributed by atoms with Crippen molar-refractivity contribution >= 4 is 43.8 Å². The summed E-state index contributed by atoms with van der Waals surface area (Å²) in [7, 11) is -3.25. The lowest BCUT2D eigenvalue weighted by molar-refractivity contribution is 0.610. The van der Waals surface area contributed by atoms with Gasteiger partial charge in [-0.15, -0.1) is 0 Å². The van der Waals surface area contributed by atoms with Crippen molar-refractivity contribution in [2.75, 3.05) is 0 Å². The molecule has 1 aromatic carbocycles. The van der Waals surface area contributed by atoms with Gasteiger partial charge >= 0.3 is 0 Å². The van der Waals surface area contributed by atoms with Crippen LogP contribution in [-0.2, 0) is 21.3 Å². The third-order valence-corrected chi connectivity index (χ3v) is 5.79. The van der Waals surface area contributed by atoms with Crippen LogP contribution in [0.4, 0.5) is 0 Å². The van der Waals surface area contributed by atoms with E-state index in [1.807, 2.05) is 0 Å². The minimum Gasteiger partial charge on any atom is -0.214 e. The summed E-state index contributed by atoms with van der Waals surface area (Å²) >= 11 is 7.69. The van der Waals surface area contributed by atoms with Crippen LogP contribution in [0.25, 0.3) is 0 Å². The SMILES string of the molecule is O=S(=O)(P=S)c1ccc(Br)cc1. The first-order valence-electron chi connectivity index (χ1n) is 2.91. The van der Waals surface area contributed by atoms with Crippen LogP contribution in [0.1, 0.15) is 0 Å². The van der Waals surface area contributed by atoms with Gasteiger partial charge in [0.1, 0.15) is 6.56 Å². The second-order valence-electron chi connectivity index (χ2n) is 2.00. The molecule has 0 aromatic heterocycles.